The van der Waals surface area contributed by atoms with Crippen molar-refractivity contribution in [2.75, 3.05) is 0 Å². The van der Waals surface area contributed by atoms with Crippen molar-refractivity contribution in [2.45, 2.75) is 24.3 Å². The monoisotopic (exact) mass is 224 g/mol. The Balaban J connectivity index is 3.09. The van der Waals surface area contributed by atoms with Gasteiger partial charge in [0.25, 0.3) is 0 Å². The zero-order valence-electron chi connectivity index (χ0n) is 7.57. The number of hydrogen-bond acceptors (Lipinski definition) is 1. The van der Waals surface area contributed by atoms with Gasteiger partial charge in [-0.3, -0.25) is 0 Å². The standard InChI is InChI=1S/C9H8F4S/c1-5-3-6(2)8(7(10)4-5)14-9(11,12)13/h3-4H,1-2H3. The second-order valence-corrected chi connectivity index (χ2v) is 4.02. The van der Waals surface area contributed by atoms with Crippen molar-refractivity contribution in [3.63, 3.8) is 0 Å². The second-order valence-electron chi connectivity index (χ2n) is 2.94. The molecule has 78 valence electrons. The summed E-state index contributed by atoms with van der Waals surface area (Å²) in [7, 11) is 0. The molecule has 1 aromatic rings. The van der Waals surface area contributed by atoms with Crippen LogP contribution < -0.4 is 0 Å². The Hall–Kier alpha value is -0.710. The maximum absolute atomic E-state index is 13.1. The molecule has 0 spiro atoms. The molecule has 5 heteroatoms. The fourth-order valence-electron chi connectivity index (χ4n) is 1.15. The molecule has 1 rings (SSSR count). The summed E-state index contributed by atoms with van der Waals surface area (Å²) < 4.78 is 49.1. The molecule has 1 aromatic carbocycles. The normalized spacial score (nSPS) is 11.9. The third-order valence-electron chi connectivity index (χ3n) is 1.59. The van der Waals surface area contributed by atoms with Crippen LogP contribution in [0.5, 0.6) is 0 Å². The van der Waals surface area contributed by atoms with Crippen LogP contribution in [0, 0.1) is 19.7 Å². The maximum atomic E-state index is 13.1. The van der Waals surface area contributed by atoms with E-state index in [4.69, 9.17) is 0 Å². The van der Waals surface area contributed by atoms with Crippen LogP contribution in [0.1, 0.15) is 11.1 Å². The van der Waals surface area contributed by atoms with Gasteiger partial charge in [-0.25, -0.2) is 4.39 Å². The van der Waals surface area contributed by atoms with Gasteiger partial charge < -0.3 is 0 Å². The molecule has 0 atom stereocenters. The molecular formula is C9H8F4S. The van der Waals surface area contributed by atoms with Gasteiger partial charge in [-0.15, -0.1) is 0 Å². The van der Waals surface area contributed by atoms with Gasteiger partial charge in [0, 0.05) is 0 Å². The highest BCUT2D eigenvalue weighted by Gasteiger charge is 2.31. The molecule has 0 radical (unpaired) electrons. The molecule has 0 fully saturated rings. The van der Waals surface area contributed by atoms with E-state index >= 15 is 0 Å². The van der Waals surface area contributed by atoms with Crippen LogP contribution in [-0.4, -0.2) is 5.51 Å². The van der Waals surface area contributed by atoms with Gasteiger partial charge in [-0.2, -0.15) is 13.2 Å². The smallest absolute Gasteiger partial charge is 0.206 e. The number of aryl methyl sites for hydroxylation is 2. The minimum atomic E-state index is -4.44. The molecule has 0 heterocycles. The van der Waals surface area contributed by atoms with E-state index in [-0.39, 0.29) is 4.90 Å². The molecule has 0 aliphatic carbocycles. The number of benzene rings is 1. The molecule has 0 aromatic heterocycles. The molecule has 0 aliphatic rings. The molecule has 0 N–H and O–H groups in total. The van der Waals surface area contributed by atoms with Crippen LogP contribution in [0.3, 0.4) is 0 Å². The van der Waals surface area contributed by atoms with Crippen LogP contribution in [-0.2, 0) is 0 Å². The van der Waals surface area contributed by atoms with Crippen LogP contribution in [0.25, 0.3) is 0 Å². The average Bonchev–Trinajstić information content (AvgIpc) is 1.95. The van der Waals surface area contributed by atoms with Gasteiger partial charge in [0.15, 0.2) is 0 Å². The van der Waals surface area contributed by atoms with E-state index in [1.54, 1.807) is 6.92 Å². The lowest BCUT2D eigenvalue weighted by atomic mass is 10.1. The van der Waals surface area contributed by atoms with Crippen molar-refractivity contribution in [1.82, 2.24) is 0 Å². The summed E-state index contributed by atoms with van der Waals surface area (Å²) >= 11 is -0.412. The van der Waals surface area contributed by atoms with Crippen molar-refractivity contribution >= 4 is 11.8 Å². The van der Waals surface area contributed by atoms with Gasteiger partial charge >= 0.3 is 5.51 Å². The molecule has 0 aliphatic heterocycles. The molecule has 0 nitrogen and oxygen atoms in total. The first-order valence-electron chi connectivity index (χ1n) is 3.82. The van der Waals surface area contributed by atoms with Crippen LogP contribution in [0.15, 0.2) is 17.0 Å². The highest BCUT2D eigenvalue weighted by Crippen LogP contribution is 2.39. The molecule has 0 unspecified atom stereocenters. The highest BCUT2D eigenvalue weighted by atomic mass is 32.2. The topological polar surface area (TPSA) is 0 Å². The Morgan fingerprint density at radius 3 is 2.14 bits per heavy atom. The largest absolute Gasteiger partial charge is 0.446 e. The Labute approximate surface area is 83.3 Å². The van der Waals surface area contributed by atoms with Crippen LogP contribution in [0.2, 0.25) is 0 Å². The fraction of sp³-hybridized carbons (Fsp3) is 0.333. The van der Waals surface area contributed by atoms with Crippen molar-refractivity contribution in [3.05, 3.63) is 29.1 Å². The first-order valence-corrected chi connectivity index (χ1v) is 4.64. The van der Waals surface area contributed by atoms with Crippen LogP contribution in [0.4, 0.5) is 17.6 Å². The van der Waals surface area contributed by atoms with E-state index in [0.717, 1.165) is 6.07 Å². The molecule has 0 saturated carbocycles. The lowest BCUT2D eigenvalue weighted by molar-refractivity contribution is -0.0329. The van der Waals surface area contributed by atoms with Gasteiger partial charge in [0.05, 0.1) is 4.90 Å². The SMILES string of the molecule is Cc1cc(C)c(SC(F)(F)F)c(F)c1. The van der Waals surface area contributed by atoms with E-state index in [1.807, 2.05) is 0 Å². The number of thioether (sulfide) groups is 1. The summed E-state index contributed by atoms with van der Waals surface area (Å²) in [6, 6.07) is 2.62. The van der Waals surface area contributed by atoms with E-state index in [9.17, 15) is 17.6 Å². The summed E-state index contributed by atoms with van der Waals surface area (Å²) in [5.41, 5.74) is -3.52. The Bertz CT molecular complexity index is 320. The van der Waals surface area contributed by atoms with E-state index < -0.39 is 23.1 Å². The predicted octanol–water partition coefficient (Wildman–Crippen LogP) is 4.05. The number of hydrogen-bond donors (Lipinski definition) is 0. The lowest BCUT2D eigenvalue weighted by Gasteiger charge is -2.10. The summed E-state index contributed by atoms with van der Waals surface area (Å²) in [6.07, 6.45) is 0. The van der Waals surface area contributed by atoms with Gasteiger partial charge in [0.1, 0.15) is 5.82 Å². The van der Waals surface area contributed by atoms with Crippen molar-refractivity contribution in [3.8, 4) is 0 Å². The quantitative estimate of drug-likeness (QED) is 0.512. The number of halogens is 4. The summed E-state index contributed by atoms with van der Waals surface area (Å²) in [5, 5.41) is 0. The Morgan fingerprint density at radius 1 is 1.14 bits per heavy atom. The zero-order chi connectivity index (χ0) is 10.9. The first kappa shape index (κ1) is 11.4. The molecular weight excluding hydrogens is 216 g/mol. The zero-order valence-corrected chi connectivity index (χ0v) is 8.39. The summed E-state index contributed by atoms with van der Waals surface area (Å²) in [4.78, 5) is -0.344. The number of alkyl halides is 3. The highest BCUT2D eigenvalue weighted by molar-refractivity contribution is 8.00. The molecule has 0 amide bonds. The van der Waals surface area contributed by atoms with E-state index in [1.165, 1.54) is 13.0 Å². The Kier molecular flexibility index (Phi) is 3.09. The van der Waals surface area contributed by atoms with Gasteiger partial charge in [0.2, 0.25) is 0 Å². The maximum Gasteiger partial charge on any atom is 0.446 e. The number of rotatable bonds is 1. The van der Waals surface area contributed by atoms with Gasteiger partial charge in [-0.05, 0) is 42.8 Å². The minimum Gasteiger partial charge on any atom is -0.206 e. The van der Waals surface area contributed by atoms with Crippen molar-refractivity contribution in [1.29, 1.82) is 0 Å². The third kappa shape index (κ3) is 2.90. The minimum absolute atomic E-state index is 0.310. The predicted molar refractivity (Wildman–Crippen MR) is 47.8 cm³/mol. The van der Waals surface area contributed by atoms with Crippen LogP contribution >= 0.6 is 11.8 Å². The van der Waals surface area contributed by atoms with Crippen molar-refractivity contribution < 1.29 is 17.6 Å². The summed E-state index contributed by atoms with van der Waals surface area (Å²) in [6.45, 7) is 3.10. The Morgan fingerprint density at radius 2 is 1.71 bits per heavy atom. The average molecular weight is 224 g/mol. The fourth-order valence-corrected chi connectivity index (χ4v) is 1.76. The third-order valence-corrected chi connectivity index (χ3v) is 2.54. The van der Waals surface area contributed by atoms with E-state index in [0.29, 0.717) is 11.1 Å². The van der Waals surface area contributed by atoms with Crippen molar-refractivity contribution in [2.24, 2.45) is 0 Å². The molecule has 0 bridgehead atoms. The summed E-state index contributed by atoms with van der Waals surface area (Å²) in [5.74, 6) is -0.815. The lowest BCUT2D eigenvalue weighted by Crippen LogP contribution is -2.02. The van der Waals surface area contributed by atoms with Gasteiger partial charge in [-0.1, -0.05) is 6.07 Å². The first-order chi connectivity index (χ1) is 6.29. The molecule has 14 heavy (non-hydrogen) atoms. The second kappa shape index (κ2) is 3.81. The molecule has 0 saturated heterocycles. The van der Waals surface area contributed by atoms with E-state index in [2.05, 4.69) is 0 Å².